The second kappa shape index (κ2) is 5.69. The molecule has 3 aliphatic carbocycles. The number of ether oxygens (including phenoxy) is 1. The van der Waals surface area contributed by atoms with Gasteiger partial charge in [-0.05, 0) is 48.5 Å². The van der Waals surface area contributed by atoms with Crippen molar-refractivity contribution >= 4 is 5.97 Å². The van der Waals surface area contributed by atoms with Gasteiger partial charge in [-0.25, -0.2) is 0 Å². The summed E-state index contributed by atoms with van der Waals surface area (Å²) < 4.78 is 5.52. The minimum atomic E-state index is -0.0944. The molecule has 4 aliphatic rings. The number of fused-ring (bicyclic) bond motifs is 2. The molecule has 1 aliphatic heterocycles. The molecule has 1 heterocycles. The first-order chi connectivity index (χ1) is 10.8. The van der Waals surface area contributed by atoms with Crippen molar-refractivity contribution in [3.05, 3.63) is 35.9 Å². The minimum absolute atomic E-state index is 0.0674. The van der Waals surface area contributed by atoms with E-state index in [1.807, 2.05) is 30.3 Å². The van der Waals surface area contributed by atoms with Gasteiger partial charge < -0.3 is 10.1 Å². The number of hydrogen-bond donors (Lipinski definition) is 1. The Bertz CT molecular complexity index is 536. The number of nitrogens with one attached hydrogen (secondary N) is 1. The molecule has 0 radical (unpaired) electrons. The van der Waals surface area contributed by atoms with Crippen molar-refractivity contribution in [3.8, 4) is 0 Å². The van der Waals surface area contributed by atoms with Crippen LogP contribution in [0.25, 0.3) is 0 Å². The third-order valence-electron chi connectivity index (χ3n) is 6.23. The molecular formula is C19H25NO2. The van der Waals surface area contributed by atoms with Gasteiger partial charge in [0, 0.05) is 6.54 Å². The molecule has 1 N–H and O–H groups in total. The maximum absolute atomic E-state index is 12.4. The Morgan fingerprint density at radius 2 is 1.91 bits per heavy atom. The summed E-state index contributed by atoms with van der Waals surface area (Å²) in [5, 5.41) is 3.46. The fourth-order valence-corrected chi connectivity index (χ4v) is 5.06. The highest BCUT2D eigenvalue weighted by Crippen LogP contribution is 2.56. The zero-order chi connectivity index (χ0) is 15.0. The van der Waals surface area contributed by atoms with Gasteiger partial charge in [0.05, 0.1) is 0 Å². The Morgan fingerprint density at radius 1 is 1.14 bits per heavy atom. The highest BCUT2D eigenvalue weighted by Gasteiger charge is 2.52. The van der Waals surface area contributed by atoms with Gasteiger partial charge in [-0.1, -0.05) is 43.2 Å². The Hall–Kier alpha value is -1.35. The van der Waals surface area contributed by atoms with Crippen molar-refractivity contribution in [2.75, 3.05) is 6.54 Å². The molecule has 0 aromatic heterocycles. The number of carbonyl (C=O) groups is 1. The number of benzene rings is 1. The van der Waals surface area contributed by atoms with E-state index in [1.54, 1.807) is 0 Å². The first-order valence-electron chi connectivity index (χ1n) is 8.69. The summed E-state index contributed by atoms with van der Waals surface area (Å²) in [7, 11) is 0. The molecule has 2 unspecified atom stereocenters. The van der Waals surface area contributed by atoms with Crippen LogP contribution in [0.4, 0.5) is 0 Å². The number of carbonyl (C=O) groups excluding carboxylic acids is 1. The predicted molar refractivity (Wildman–Crippen MR) is 85.1 cm³/mol. The third kappa shape index (κ3) is 2.56. The molecule has 3 heteroatoms. The van der Waals surface area contributed by atoms with Crippen LogP contribution in [0.15, 0.2) is 30.3 Å². The lowest BCUT2D eigenvalue weighted by Crippen LogP contribution is -2.43. The molecule has 2 bridgehead atoms. The van der Waals surface area contributed by atoms with Gasteiger partial charge in [0.1, 0.15) is 12.6 Å². The summed E-state index contributed by atoms with van der Waals surface area (Å²) in [4.78, 5) is 12.4. The third-order valence-corrected chi connectivity index (χ3v) is 6.23. The molecular weight excluding hydrogens is 274 g/mol. The van der Waals surface area contributed by atoms with E-state index in [0.29, 0.717) is 12.0 Å². The molecule has 2 atom stereocenters. The second-order valence-electron chi connectivity index (χ2n) is 7.52. The SMILES string of the molecule is O=C(OCc1ccccc1)C1CC2(CN1)CC1CCC2CC1. The normalized spacial score (nSPS) is 36.6. The van der Waals surface area contributed by atoms with Gasteiger partial charge in [0.15, 0.2) is 0 Å². The lowest BCUT2D eigenvalue weighted by molar-refractivity contribution is -0.147. The van der Waals surface area contributed by atoms with Crippen LogP contribution >= 0.6 is 0 Å². The van der Waals surface area contributed by atoms with E-state index >= 15 is 0 Å². The molecule has 0 amide bonds. The molecule has 3 saturated carbocycles. The van der Waals surface area contributed by atoms with Crippen molar-refractivity contribution in [3.63, 3.8) is 0 Å². The van der Waals surface area contributed by atoms with E-state index in [4.69, 9.17) is 4.74 Å². The highest BCUT2D eigenvalue weighted by molar-refractivity contribution is 5.76. The Morgan fingerprint density at radius 3 is 2.59 bits per heavy atom. The van der Waals surface area contributed by atoms with Crippen LogP contribution in [0.5, 0.6) is 0 Å². The zero-order valence-electron chi connectivity index (χ0n) is 13.1. The van der Waals surface area contributed by atoms with E-state index in [2.05, 4.69) is 5.32 Å². The van der Waals surface area contributed by atoms with Gasteiger partial charge in [-0.15, -0.1) is 0 Å². The van der Waals surface area contributed by atoms with Crippen LogP contribution in [0.2, 0.25) is 0 Å². The fourth-order valence-electron chi connectivity index (χ4n) is 5.06. The van der Waals surface area contributed by atoms with Crippen LogP contribution in [-0.2, 0) is 16.1 Å². The smallest absolute Gasteiger partial charge is 0.323 e. The van der Waals surface area contributed by atoms with Gasteiger partial charge in [-0.3, -0.25) is 4.79 Å². The van der Waals surface area contributed by atoms with Crippen LogP contribution < -0.4 is 5.32 Å². The van der Waals surface area contributed by atoms with Gasteiger partial charge in [-0.2, -0.15) is 0 Å². The maximum atomic E-state index is 12.4. The van der Waals surface area contributed by atoms with Crippen molar-refractivity contribution in [2.24, 2.45) is 17.3 Å². The molecule has 4 fully saturated rings. The van der Waals surface area contributed by atoms with Crippen molar-refractivity contribution in [1.29, 1.82) is 0 Å². The second-order valence-corrected chi connectivity index (χ2v) is 7.52. The monoisotopic (exact) mass is 299 g/mol. The van der Waals surface area contributed by atoms with Gasteiger partial charge >= 0.3 is 5.97 Å². The summed E-state index contributed by atoms with van der Waals surface area (Å²) in [5.41, 5.74) is 1.44. The first-order valence-corrected chi connectivity index (χ1v) is 8.69. The molecule has 1 saturated heterocycles. The largest absolute Gasteiger partial charge is 0.460 e. The van der Waals surface area contributed by atoms with Crippen LogP contribution in [0.3, 0.4) is 0 Å². The lowest BCUT2D eigenvalue weighted by Gasteiger charge is -2.50. The summed E-state index contributed by atoms with van der Waals surface area (Å²) >= 11 is 0. The average molecular weight is 299 g/mol. The quantitative estimate of drug-likeness (QED) is 0.870. The fraction of sp³-hybridized carbons (Fsp3) is 0.632. The lowest BCUT2D eigenvalue weighted by atomic mass is 9.55. The topological polar surface area (TPSA) is 38.3 Å². The van der Waals surface area contributed by atoms with Crippen LogP contribution in [-0.4, -0.2) is 18.6 Å². The Kier molecular flexibility index (Phi) is 3.69. The van der Waals surface area contributed by atoms with Gasteiger partial charge in [0.25, 0.3) is 0 Å². The average Bonchev–Trinajstić information content (AvgIpc) is 2.98. The van der Waals surface area contributed by atoms with E-state index in [0.717, 1.165) is 30.4 Å². The zero-order valence-corrected chi connectivity index (χ0v) is 13.1. The molecule has 3 nitrogen and oxygen atoms in total. The molecule has 22 heavy (non-hydrogen) atoms. The molecule has 1 spiro atoms. The Balaban J connectivity index is 1.35. The predicted octanol–water partition coefficient (Wildman–Crippen LogP) is 3.29. The van der Waals surface area contributed by atoms with Crippen molar-refractivity contribution < 1.29 is 9.53 Å². The van der Waals surface area contributed by atoms with Crippen molar-refractivity contribution in [1.82, 2.24) is 5.32 Å². The summed E-state index contributed by atoms with van der Waals surface area (Å²) in [5.74, 6) is 1.67. The van der Waals surface area contributed by atoms with E-state index in [1.165, 1.54) is 32.1 Å². The maximum Gasteiger partial charge on any atom is 0.323 e. The summed E-state index contributed by atoms with van der Waals surface area (Å²) in [6.45, 7) is 1.40. The van der Waals surface area contributed by atoms with Crippen molar-refractivity contribution in [2.45, 2.75) is 51.2 Å². The van der Waals surface area contributed by atoms with E-state index in [9.17, 15) is 4.79 Å². The summed E-state index contributed by atoms with van der Waals surface area (Å²) in [6, 6.07) is 9.83. The van der Waals surface area contributed by atoms with Crippen LogP contribution in [0.1, 0.15) is 44.1 Å². The number of esters is 1. The molecule has 118 valence electrons. The number of hydrogen-bond acceptors (Lipinski definition) is 3. The molecule has 1 aromatic carbocycles. The van der Waals surface area contributed by atoms with Crippen LogP contribution in [0, 0.1) is 17.3 Å². The molecule has 1 aromatic rings. The van der Waals surface area contributed by atoms with E-state index in [-0.39, 0.29) is 12.0 Å². The van der Waals surface area contributed by atoms with E-state index < -0.39 is 0 Å². The first kappa shape index (κ1) is 14.3. The standard InChI is InChI=1S/C19H25NO2/c21-18(22-12-15-4-2-1-3-5-15)17-11-19(13-20-17)10-14-6-8-16(19)9-7-14/h1-5,14,16-17,20H,6-13H2. The highest BCUT2D eigenvalue weighted by atomic mass is 16.5. The minimum Gasteiger partial charge on any atom is -0.460 e. The molecule has 5 rings (SSSR count). The Labute approximate surface area is 132 Å². The summed E-state index contributed by atoms with van der Waals surface area (Å²) in [6.07, 6.45) is 7.89. The van der Waals surface area contributed by atoms with Gasteiger partial charge in [0.2, 0.25) is 0 Å². The number of rotatable bonds is 3.